The molecule has 0 heterocycles. The van der Waals surface area contributed by atoms with Crippen molar-refractivity contribution in [2.45, 2.75) is 0 Å². The van der Waals surface area contributed by atoms with Gasteiger partial charge in [0.15, 0.2) is 0 Å². The molecule has 0 saturated heterocycles. The number of benzene rings is 1. The first-order chi connectivity index (χ1) is 4.70. The molecule has 0 aromatic heterocycles. The van der Waals surface area contributed by atoms with Gasteiger partial charge in [-0.15, -0.1) is 0 Å². The number of hydrogen-bond acceptors (Lipinski definition) is 2. The molecule has 1 aromatic carbocycles. The summed E-state index contributed by atoms with van der Waals surface area (Å²) < 4.78 is 0.901. The van der Waals surface area contributed by atoms with E-state index in [1.165, 1.54) is 0 Å². The molecule has 0 unspecified atom stereocenters. The van der Waals surface area contributed by atoms with Gasteiger partial charge < -0.3 is 5.21 Å². The Kier molecular flexibility index (Phi) is 2.01. The van der Waals surface area contributed by atoms with Crippen molar-refractivity contribution in [1.82, 2.24) is 0 Å². The van der Waals surface area contributed by atoms with Crippen LogP contribution in [0, 0.1) is 10.7 Å². The van der Waals surface area contributed by atoms with Crippen molar-refractivity contribution in [2.24, 2.45) is 0 Å². The highest BCUT2D eigenvalue weighted by atomic mass is 79.9. The van der Waals surface area contributed by atoms with Crippen LogP contribution in [0.2, 0.25) is 0 Å². The van der Waals surface area contributed by atoms with Gasteiger partial charge >= 0.3 is 0 Å². The Morgan fingerprint density at radius 1 is 1.30 bits per heavy atom. The molecular weight excluding hydrogens is 196 g/mol. The zero-order chi connectivity index (χ0) is 7.56. The minimum Gasteiger partial charge on any atom is -0.594 e. The normalized spacial score (nSPS) is 9.30. The third-order valence-electron chi connectivity index (χ3n) is 1.06. The summed E-state index contributed by atoms with van der Waals surface area (Å²) >= 11 is 3.21. The van der Waals surface area contributed by atoms with E-state index in [1.807, 2.05) is 0 Å². The molecule has 0 fully saturated rings. The van der Waals surface area contributed by atoms with Crippen molar-refractivity contribution >= 4 is 21.6 Å². The van der Waals surface area contributed by atoms with Crippen molar-refractivity contribution in [1.29, 1.82) is 5.53 Å². The van der Waals surface area contributed by atoms with Crippen molar-refractivity contribution in [2.75, 3.05) is 0 Å². The van der Waals surface area contributed by atoms with Crippen LogP contribution in [-0.2, 0) is 0 Å². The van der Waals surface area contributed by atoms with Gasteiger partial charge in [-0.2, -0.15) is 0 Å². The number of rotatable bonds is 1. The molecule has 52 valence electrons. The first-order valence-corrected chi connectivity index (χ1v) is 3.43. The van der Waals surface area contributed by atoms with Crippen LogP contribution < -0.4 is 0 Å². The summed E-state index contributed by atoms with van der Waals surface area (Å²) in [6.45, 7) is 0. The summed E-state index contributed by atoms with van der Waals surface area (Å²) in [5.74, 6) is 0. The predicted molar refractivity (Wildman–Crippen MR) is 40.1 cm³/mol. The molecule has 0 radical (unpaired) electrons. The van der Waals surface area contributed by atoms with E-state index in [9.17, 15) is 5.21 Å². The Hall–Kier alpha value is -0.900. The lowest BCUT2D eigenvalue weighted by Gasteiger charge is -1.94. The standard InChI is InChI=1S/C6H5BrN2O/c7-5-1-3-6(4-2-5)9(8)10/h1-4,8H. The summed E-state index contributed by atoms with van der Waals surface area (Å²) in [5, 5.41) is 10.3. The van der Waals surface area contributed by atoms with Crippen LogP contribution in [0.3, 0.4) is 0 Å². The van der Waals surface area contributed by atoms with E-state index < -0.39 is 0 Å². The maximum absolute atomic E-state index is 10.3. The van der Waals surface area contributed by atoms with Crippen LogP contribution in [0.15, 0.2) is 28.7 Å². The summed E-state index contributed by atoms with van der Waals surface area (Å²) in [4.78, 5) is 0.0758. The second kappa shape index (κ2) is 2.79. The lowest BCUT2D eigenvalue weighted by atomic mass is 10.3. The third kappa shape index (κ3) is 1.54. The molecule has 0 aliphatic carbocycles. The maximum atomic E-state index is 10.3. The monoisotopic (exact) mass is 200 g/mol. The molecule has 0 aliphatic rings. The van der Waals surface area contributed by atoms with Crippen LogP contribution in [0.1, 0.15) is 0 Å². The van der Waals surface area contributed by atoms with Crippen molar-refractivity contribution < 1.29 is 4.86 Å². The van der Waals surface area contributed by atoms with Gasteiger partial charge in [-0.05, 0) is 17.7 Å². The summed E-state index contributed by atoms with van der Waals surface area (Å²) in [7, 11) is 0. The minimum absolute atomic E-state index is 0.0758. The second-order valence-corrected chi connectivity index (χ2v) is 2.69. The first kappa shape index (κ1) is 7.21. The highest BCUT2D eigenvalue weighted by molar-refractivity contribution is 9.10. The van der Waals surface area contributed by atoms with Crippen molar-refractivity contribution in [3.05, 3.63) is 33.9 Å². The number of halogens is 1. The van der Waals surface area contributed by atoms with Crippen molar-refractivity contribution in [3.63, 3.8) is 0 Å². The fraction of sp³-hybridized carbons (Fsp3) is 0. The maximum Gasteiger partial charge on any atom is 0.244 e. The fourth-order valence-corrected chi connectivity index (χ4v) is 0.841. The molecule has 0 spiro atoms. The Balaban J connectivity index is 3.00. The highest BCUT2D eigenvalue weighted by Crippen LogP contribution is 2.15. The van der Waals surface area contributed by atoms with Gasteiger partial charge in [0.2, 0.25) is 5.69 Å². The summed E-state index contributed by atoms with van der Waals surface area (Å²) in [6, 6.07) is 6.58. The van der Waals surface area contributed by atoms with E-state index in [-0.39, 0.29) is 4.86 Å². The summed E-state index contributed by atoms with van der Waals surface area (Å²) in [6.07, 6.45) is 0. The van der Waals surface area contributed by atoms with Crippen LogP contribution in [-0.4, -0.2) is 4.86 Å². The average Bonchev–Trinajstić information content (AvgIpc) is 1.88. The molecule has 0 amide bonds. The second-order valence-electron chi connectivity index (χ2n) is 1.77. The smallest absolute Gasteiger partial charge is 0.244 e. The van der Waals surface area contributed by atoms with E-state index in [1.54, 1.807) is 24.3 Å². The molecule has 0 saturated carbocycles. The molecule has 10 heavy (non-hydrogen) atoms. The Morgan fingerprint density at radius 2 is 1.80 bits per heavy atom. The van der Waals surface area contributed by atoms with Crippen LogP contribution in [0.25, 0.3) is 0 Å². The Labute approximate surface area is 66.5 Å². The zero-order valence-electron chi connectivity index (χ0n) is 5.04. The lowest BCUT2D eigenvalue weighted by Crippen LogP contribution is -1.85. The van der Waals surface area contributed by atoms with Gasteiger partial charge in [0.25, 0.3) is 0 Å². The van der Waals surface area contributed by atoms with E-state index in [0.717, 1.165) is 4.47 Å². The van der Waals surface area contributed by atoms with E-state index in [4.69, 9.17) is 5.53 Å². The Bertz CT molecular complexity index is 244. The molecule has 4 heteroatoms. The molecule has 0 bridgehead atoms. The van der Waals surface area contributed by atoms with Gasteiger partial charge in [-0.3, -0.25) is 0 Å². The van der Waals surface area contributed by atoms with E-state index in [0.29, 0.717) is 5.69 Å². The summed E-state index contributed by atoms with van der Waals surface area (Å²) in [5.41, 5.74) is 6.99. The van der Waals surface area contributed by atoms with Gasteiger partial charge in [0.05, 0.1) is 0 Å². The van der Waals surface area contributed by atoms with Crippen molar-refractivity contribution in [3.8, 4) is 0 Å². The molecule has 1 N–H and O–H groups in total. The van der Waals surface area contributed by atoms with Gasteiger partial charge in [0.1, 0.15) is 0 Å². The zero-order valence-corrected chi connectivity index (χ0v) is 6.63. The molecule has 0 aliphatic heterocycles. The Morgan fingerprint density at radius 3 is 2.20 bits per heavy atom. The molecule has 1 rings (SSSR count). The fourth-order valence-electron chi connectivity index (χ4n) is 0.576. The van der Waals surface area contributed by atoms with E-state index in [2.05, 4.69) is 15.9 Å². The number of nitrogens with zero attached hydrogens (tertiary/aromatic N) is 1. The average molecular weight is 201 g/mol. The third-order valence-corrected chi connectivity index (χ3v) is 1.59. The SMILES string of the molecule is N=[N+]([O-])c1ccc(Br)cc1. The van der Waals surface area contributed by atoms with Gasteiger partial charge in [-0.1, -0.05) is 20.8 Å². The van der Waals surface area contributed by atoms with Crippen LogP contribution in [0.4, 0.5) is 5.69 Å². The van der Waals surface area contributed by atoms with E-state index >= 15 is 0 Å². The van der Waals surface area contributed by atoms with Crippen LogP contribution in [0.5, 0.6) is 0 Å². The van der Waals surface area contributed by atoms with Gasteiger partial charge in [-0.25, -0.2) is 0 Å². The largest absolute Gasteiger partial charge is 0.594 e. The lowest BCUT2D eigenvalue weighted by molar-refractivity contribution is -0.465. The highest BCUT2D eigenvalue weighted by Gasteiger charge is 1.97. The molecular formula is C6H5BrN2O. The quantitative estimate of drug-likeness (QED) is 0.423. The topological polar surface area (TPSA) is 49.9 Å². The first-order valence-electron chi connectivity index (χ1n) is 2.64. The molecule has 0 atom stereocenters. The number of hydrogen-bond donors (Lipinski definition) is 1. The molecule has 1 aromatic rings. The number of nitrogens with one attached hydrogen (secondary N) is 1. The van der Waals surface area contributed by atoms with Crippen LogP contribution >= 0.6 is 15.9 Å². The van der Waals surface area contributed by atoms with Gasteiger partial charge in [0, 0.05) is 16.6 Å². The minimum atomic E-state index is 0.0758. The molecule has 3 nitrogen and oxygen atoms in total. The predicted octanol–water partition coefficient (Wildman–Crippen LogP) is 2.62.